The maximum Gasteiger partial charge on any atom is 0.387 e. The molecule has 0 unspecified atom stereocenters. The number of hydrogen-bond acceptors (Lipinski definition) is 6. The first-order valence-corrected chi connectivity index (χ1v) is 10.7. The van der Waals surface area contributed by atoms with E-state index in [2.05, 4.69) is 20.3 Å². The van der Waals surface area contributed by atoms with Crippen molar-refractivity contribution >= 4 is 28.9 Å². The average molecular weight is 515 g/mol. The Morgan fingerprint density at radius 3 is 2.44 bits per heavy atom. The molecular weight excluding hydrogens is 498 g/mol. The number of aromatic amines is 1. The first-order chi connectivity index (χ1) is 17.2. The third-order valence-electron chi connectivity index (χ3n) is 4.92. The molecule has 0 aliphatic rings. The maximum atomic E-state index is 12.8. The normalized spacial score (nSPS) is 10.8. The molecule has 9 nitrogen and oxygen atoms in total. The number of benzene rings is 3. The SMILES string of the molecule is Cc1cc(Oc2cc(NC(=O)c3cc(-c4ccc(OC(F)F)cc4)n[nH]3)cc([N+](=O)[O-])c2)ccc1Cl. The number of carbonyl (C=O) groups is 1. The average Bonchev–Trinajstić information content (AvgIpc) is 3.32. The van der Waals surface area contributed by atoms with Gasteiger partial charge in [-0.3, -0.25) is 20.0 Å². The fourth-order valence-electron chi connectivity index (χ4n) is 3.23. The highest BCUT2D eigenvalue weighted by molar-refractivity contribution is 6.31. The summed E-state index contributed by atoms with van der Waals surface area (Å²) in [6.07, 6.45) is 0. The van der Waals surface area contributed by atoms with Gasteiger partial charge in [-0.1, -0.05) is 11.6 Å². The van der Waals surface area contributed by atoms with E-state index in [1.807, 2.05) is 0 Å². The molecule has 0 atom stereocenters. The Hall–Kier alpha value is -4.51. The second-order valence-corrected chi connectivity index (χ2v) is 7.92. The number of anilines is 1. The number of aryl methyl sites for hydroxylation is 1. The number of halogens is 3. The fourth-order valence-corrected chi connectivity index (χ4v) is 3.35. The van der Waals surface area contributed by atoms with Gasteiger partial charge < -0.3 is 14.8 Å². The van der Waals surface area contributed by atoms with Crippen LogP contribution in [0.4, 0.5) is 20.2 Å². The number of alkyl halides is 2. The van der Waals surface area contributed by atoms with Gasteiger partial charge in [0.1, 0.15) is 22.9 Å². The molecule has 1 aromatic heterocycles. The van der Waals surface area contributed by atoms with Gasteiger partial charge in [0.15, 0.2) is 0 Å². The summed E-state index contributed by atoms with van der Waals surface area (Å²) in [5.41, 5.74) is 1.60. The number of nitro groups is 1. The third-order valence-corrected chi connectivity index (χ3v) is 5.35. The number of ether oxygens (including phenoxy) is 2. The predicted octanol–water partition coefficient (Wildman–Crippen LogP) is 6.59. The van der Waals surface area contributed by atoms with E-state index in [4.69, 9.17) is 16.3 Å². The van der Waals surface area contributed by atoms with Gasteiger partial charge in [-0.25, -0.2) is 0 Å². The number of H-pyrrole nitrogens is 1. The van der Waals surface area contributed by atoms with Crippen molar-refractivity contribution in [3.05, 3.63) is 93.1 Å². The van der Waals surface area contributed by atoms with Crippen LogP contribution in [0.15, 0.2) is 66.7 Å². The molecule has 4 rings (SSSR count). The highest BCUT2D eigenvalue weighted by Crippen LogP contribution is 2.31. The Balaban J connectivity index is 1.52. The molecule has 0 saturated heterocycles. The van der Waals surface area contributed by atoms with Crippen LogP contribution in [0, 0.1) is 17.0 Å². The molecule has 0 aliphatic carbocycles. The quantitative estimate of drug-likeness (QED) is 0.202. The van der Waals surface area contributed by atoms with Crippen molar-refractivity contribution in [2.75, 3.05) is 5.32 Å². The van der Waals surface area contributed by atoms with E-state index >= 15 is 0 Å². The summed E-state index contributed by atoms with van der Waals surface area (Å²) in [7, 11) is 0. The van der Waals surface area contributed by atoms with E-state index in [0.717, 1.165) is 5.56 Å². The summed E-state index contributed by atoms with van der Waals surface area (Å²) < 4.78 is 34.7. The van der Waals surface area contributed by atoms with Crippen molar-refractivity contribution in [1.82, 2.24) is 10.2 Å². The van der Waals surface area contributed by atoms with Gasteiger partial charge in [-0.2, -0.15) is 13.9 Å². The lowest BCUT2D eigenvalue weighted by Gasteiger charge is -2.10. The Bertz CT molecular complexity index is 1430. The smallest absolute Gasteiger partial charge is 0.387 e. The van der Waals surface area contributed by atoms with Crippen molar-refractivity contribution in [1.29, 1.82) is 0 Å². The van der Waals surface area contributed by atoms with E-state index in [1.54, 1.807) is 25.1 Å². The molecular formula is C24H17ClF2N4O5. The lowest BCUT2D eigenvalue weighted by atomic mass is 10.1. The van der Waals surface area contributed by atoms with Crippen LogP contribution in [-0.2, 0) is 0 Å². The van der Waals surface area contributed by atoms with Gasteiger partial charge in [-0.05, 0) is 61.0 Å². The summed E-state index contributed by atoms with van der Waals surface area (Å²) in [5.74, 6) is -0.0737. The lowest BCUT2D eigenvalue weighted by molar-refractivity contribution is -0.384. The summed E-state index contributed by atoms with van der Waals surface area (Å²) in [4.78, 5) is 23.6. The van der Waals surface area contributed by atoms with Crippen molar-refractivity contribution in [3.8, 4) is 28.5 Å². The Kier molecular flexibility index (Phi) is 7.11. The van der Waals surface area contributed by atoms with Crippen LogP contribution in [0.5, 0.6) is 17.2 Å². The summed E-state index contributed by atoms with van der Waals surface area (Å²) >= 11 is 6.02. The Labute approximate surface area is 207 Å². The largest absolute Gasteiger partial charge is 0.457 e. The molecule has 1 heterocycles. The van der Waals surface area contributed by atoms with E-state index in [0.29, 0.717) is 22.0 Å². The third kappa shape index (κ3) is 5.94. The van der Waals surface area contributed by atoms with Gasteiger partial charge in [0.25, 0.3) is 11.6 Å². The fraction of sp³-hybridized carbons (Fsp3) is 0.0833. The summed E-state index contributed by atoms with van der Waals surface area (Å²) in [6, 6.07) is 16.0. The molecule has 0 bridgehead atoms. The van der Waals surface area contributed by atoms with Crippen LogP contribution in [0.2, 0.25) is 5.02 Å². The van der Waals surface area contributed by atoms with Crippen LogP contribution in [0.3, 0.4) is 0 Å². The number of non-ortho nitro benzene ring substituents is 1. The van der Waals surface area contributed by atoms with E-state index in [1.165, 1.54) is 48.5 Å². The molecule has 0 radical (unpaired) electrons. The maximum absolute atomic E-state index is 12.8. The minimum Gasteiger partial charge on any atom is -0.457 e. The van der Waals surface area contributed by atoms with Gasteiger partial charge >= 0.3 is 6.61 Å². The minimum atomic E-state index is -2.94. The molecule has 3 aromatic carbocycles. The molecule has 4 aromatic rings. The molecule has 0 spiro atoms. The second kappa shape index (κ2) is 10.4. The molecule has 0 fully saturated rings. The van der Waals surface area contributed by atoms with Crippen molar-refractivity contribution in [3.63, 3.8) is 0 Å². The van der Waals surface area contributed by atoms with Crippen LogP contribution < -0.4 is 14.8 Å². The lowest BCUT2D eigenvalue weighted by Crippen LogP contribution is -2.12. The number of nitro benzene ring substituents is 1. The van der Waals surface area contributed by atoms with Crippen LogP contribution in [0.1, 0.15) is 16.1 Å². The van der Waals surface area contributed by atoms with Gasteiger partial charge in [0.05, 0.1) is 22.4 Å². The van der Waals surface area contributed by atoms with Gasteiger partial charge in [0.2, 0.25) is 0 Å². The number of carbonyl (C=O) groups excluding carboxylic acids is 1. The first-order valence-electron chi connectivity index (χ1n) is 10.3. The molecule has 0 aliphatic heterocycles. The van der Waals surface area contributed by atoms with E-state index in [9.17, 15) is 23.7 Å². The Morgan fingerprint density at radius 1 is 1.06 bits per heavy atom. The Morgan fingerprint density at radius 2 is 1.78 bits per heavy atom. The molecule has 12 heteroatoms. The molecule has 0 saturated carbocycles. The highest BCUT2D eigenvalue weighted by atomic mass is 35.5. The monoisotopic (exact) mass is 514 g/mol. The molecule has 36 heavy (non-hydrogen) atoms. The summed E-state index contributed by atoms with van der Waals surface area (Å²) in [6.45, 7) is -1.15. The van der Waals surface area contributed by atoms with Crippen LogP contribution in [-0.4, -0.2) is 27.6 Å². The minimum absolute atomic E-state index is 0.0142. The second-order valence-electron chi connectivity index (χ2n) is 7.51. The molecule has 184 valence electrons. The van der Waals surface area contributed by atoms with Gasteiger partial charge in [0, 0.05) is 22.7 Å². The van der Waals surface area contributed by atoms with Crippen molar-refractivity contribution < 1.29 is 28.0 Å². The number of nitrogens with zero attached hydrogens (tertiary/aromatic N) is 2. The number of amides is 1. The van der Waals surface area contributed by atoms with Crippen LogP contribution in [0.25, 0.3) is 11.3 Å². The van der Waals surface area contributed by atoms with E-state index in [-0.39, 0.29) is 28.6 Å². The standard InChI is InChI=1S/C24H17ClF2N4O5/c1-13-8-18(6-7-20(13)25)35-19-10-15(9-16(11-19)31(33)34)28-23(32)22-12-21(29-30-22)14-2-4-17(5-3-14)36-24(26)27/h2-12,24H,1H3,(H,28,32)(H,29,30). The van der Waals surface area contributed by atoms with Crippen LogP contribution >= 0.6 is 11.6 Å². The molecule has 2 N–H and O–H groups in total. The number of hydrogen-bond donors (Lipinski definition) is 2. The number of nitrogens with one attached hydrogen (secondary N) is 2. The predicted molar refractivity (Wildman–Crippen MR) is 128 cm³/mol. The van der Waals surface area contributed by atoms with Crippen molar-refractivity contribution in [2.45, 2.75) is 13.5 Å². The van der Waals surface area contributed by atoms with Crippen molar-refractivity contribution in [2.24, 2.45) is 0 Å². The van der Waals surface area contributed by atoms with Gasteiger partial charge in [-0.15, -0.1) is 0 Å². The topological polar surface area (TPSA) is 119 Å². The number of rotatable bonds is 8. The first kappa shape index (κ1) is 24.6. The van der Waals surface area contributed by atoms with E-state index < -0.39 is 17.4 Å². The zero-order chi connectivity index (χ0) is 25.8. The summed E-state index contributed by atoms with van der Waals surface area (Å²) in [5, 5.41) is 21.2. The highest BCUT2D eigenvalue weighted by Gasteiger charge is 2.16. The number of aromatic nitrogens is 2. The molecule has 1 amide bonds. The zero-order valence-corrected chi connectivity index (χ0v) is 19.3. The zero-order valence-electron chi connectivity index (χ0n) is 18.5.